The molecule has 86 valence electrons. The van der Waals surface area contributed by atoms with Gasteiger partial charge < -0.3 is 0 Å². The first-order valence-electron chi connectivity index (χ1n) is 5.59. The van der Waals surface area contributed by atoms with E-state index in [1.54, 1.807) is 12.3 Å². The summed E-state index contributed by atoms with van der Waals surface area (Å²) in [6.45, 7) is 6.18. The fourth-order valence-electron chi connectivity index (χ4n) is 2.05. The number of aryl methyl sites for hydroxylation is 1. The maximum Gasteiger partial charge on any atom is 0.142 e. The molecule has 0 aliphatic heterocycles. The number of aromatic nitrogens is 3. The summed E-state index contributed by atoms with van der Waals surface area (Å²) in [4.78, 5) is 3.96. The molecule has 0 atom stereocenters. The Labute approximate surface area is 101 Å². The fraction of sp³-hybridized carbons (Fsp3) is 0.308. The lowest BCUT2D eigenvalue weighted by molar-refractivity contribution is 0.829. The van der Waals surface area contributed by atoms with Crippen molar-refractivity contribution < 1.29 is 0 Å². The highest BCUT2D eigenvalue weighted by Crippen LogP contribution is 2.18. The van der Waals surface area contributed by atoms with Crippen LogP contribution in [0.25, 0.3) is 5.69 Å². The van der Waals surface area contributed by atoms with Crippen LogP contribution in [-0.4, -0.2) is 14.8 Å². The van der Waals surface area contributed by atoms with Gasteiger partial charge >= 0.3 is 0 Å². The van der Waals surface area contributed by atoms with E-state index >= 15 is 0 Å². The van der Waals surface area contributed by atoms with Crippen LogP contribution in [-0.2, 0) is 6.42 Å². The molecule has 4 nitrogen and oxygen atoms in total. The first-order valence-corrected chi connectivity index (χ1v) is 5.59. The van der Waals surface area contributed by atoms with Gasteiger partial charge in [-0.3, -0.25) is 0 Å². The lowest BCUT2D eigenvalue weighted by atomic mass is 10.1. The monoisotopic (exact) mass is 226 g/mol. The number of pyridine rings is 1. The van der Waals surface area contributed by atoms with Crippen LogP contribution in [0.1, 0.15) is 29.6 Å². The third kappa shape index (κ3) is 1.92. The lowest BCUT2D eigenvalue weighted by Gasteiger charge is -2.04. The zero-order chi connectivity index (χ0) is 12.4. The van der Waals surface area contributed by atoms with E-state index in [-0.39, 0.29) is 0 Å². The molecular weight excluding hydrogens is 212 g/mol. The van der Waals surface area contributed by atoms with E-state index in [2.05, 4.69) is 17.0 Å². The van der Waals surface area contributed by atoms with E-state index in [0.29, 0.717) is 5.69 Å². The van der Waals surface area contributed by atoms with Crippen LogP contribution in [0.3, 0.4) is 0 Å². The Kier molecular flexibility index (Phi) is 2.92. The van der Waals surface area contributed by atoms with Crippen molar-refractivity contribution in [3.8, 4) is 11.8 Å². The molecule has 0 spiro atoms. The Balaban J connectivity index is 2.57. The van der Waals surface area contributed by atoms with Gasteiger partial charge in [-0.2, -0.15) is 10.4 Å². The molecule has 0 aliphatic rings. The van der Waals surface area contributed by atoms with E-state index in [4.69, 9.17) is 5.26 Å². The predicted octanol–water partition coefficient (Wildman–Crippen LogP) is 2.32. The third-order valence-corrected chi connectivity index (χ3v) is 2.90. The molecule has 0 saturated carbocycles. The van der Waals surface area contributed by atoms with Gasteiger partial charge in [0.05, 0.1) is 11.4 Å². The van der Waals surface area contributed by atoms with Gasteiger partial charge in [0.15, 0.2) is 0 Å². The second-order valence-corrected chi connectivity index (χ2v) is 3.93. The molecule has 0 aliphatic carbocycles. The average Bonchev–Trinajstić information content (AvgIpc) is 2.64. The Bertz CT molecular complexity index is 590. The molecule has 0 unspecified atom stereocenters. The van der Waals surface area contributed by atoms with E-state index in [9.17, 15) is 0 Å². The largest absolute Gasteiger partial charge is 0.245 e. The number of hydrogen-bond acceptors (Lipinski definition) is 3. The fourth-order valence-corrected chi connectivity index (χ4v) is 2.05. The van der Waals surface area contributed by atoms with Gasteiger partial charge in [0.2, 0.25) is 0 Å². The topological polar surface area (TPSA) is 54.5 Å². The Morgan fingerprint density at radius 3 is 2.76 bits per heavy atom. The summed E-state index contributed by atoms with van der Waals surface area (Å²) in [6, 6.07) is 5.65. The minimum Gasteiger partial charge on any atom is -0.245 e. The molecule has 2 rings (SSSR count). The normalized spacial score (nSPS) is 10.2. The van der Waals surface area contributed by atoms with Crippen molar-refractivity contribution in [3.05, 3.63) is 41.0 Å². The predicted molar refractivity (Wildman–Crippen MR) is 64.9 cm³/mol. The molecule has 17 heavy (non-hydrogen) atoms. The maximum absolute atomic E-state index is 8.84. The molecule has 2 heterocycles. The quantitative estimate of drug-likeness (QED) is 0.789. The van der Waals surface area contributed by atoms with Crippen molar-refractivity contribution in [2.24, 2.45) is 0 Å². The number of hydrogen-bond donors (Lipinski definition) is 0. The van der Waals surface area contributed by atoms with Gasteiger partial charge in [0.25, 0.3) is 0 Å². The van der Waals surface area contributed by atoms with Gasteiger partial charge in [0, 0.05) is 18.0 Å². The molecule has 4 heteroatoms. The van der Waals surface area contributed by atoms with Crippen LogP contribution in [0.2, 0.25) is 0 Å². The molecule has 0 saturated heterocycles. The zero-order valence-electron chi connectivity index (χ0n) is 10.2. The van der Waals surface area contributed by atoms with Gasteiger partial charge in [-0.05, 0) is 31.9 Å². The van der Waals surface area contributed by atoms with Gasteiger partial charge in [-0.25, -0.2) is 9.67 Å². The van der Waals surface area contributed by atoms with Crippen LogP contribution in [0.5, 0.6) is 0 Å². The molecular formula is C13H14N4. The summed E-state index contributed by atoms with van der Waals surface area (Å²) < 4.78 is 1.87. The third-order valence-electron chi connectivity index (χ3n) is 2.90. The van der Waals surface area contributed by atoms with Crippen LogP contribution in [0, 0.1) is 25.2 Å². The van der Waals surface area contributed by atoms with E-state index in [1.165, 1.54) is 5.56 Å². The molecule has 0 aromatic carbocycles. The van der Waals surface area contributed by atoms with E-state index < -0.39 is 0 Å². The minimum absolute atomic E-state index is 0.410. The highest BCUT2D eigenvalue weighted by atomic mass is 15.3. The number of nitrogens with zero attached hydrogens (tertiary/aromatic N) is 4. The Morgan fingerprint density at radius 2 is 2.18 bits per heavy atom. The molecule has 0 N–H and O–H groups in total. The smallest absolute Gasteiger partial charge is 0.142 e. The highest BCUT2D eigenvalue weighted by molar-refractivity contribution is 5.39. The summed E-state index contributed by atoms with van der Waals surface area (Å²) >= 11 is 0. The standard InChI is InChI=1S/C13H14N4/c1-4-13-9(2)16-17(10(13)3)12-5-6-15-11(7-12)8-14/h5-7H,4H2,1-3H3. The van der Waals surface area contributed by atoms with Crippen LogP contribution in [0.15, 0.2) is 18.3 Å². The second kappa shape index (κ2) is 4.38. The van der Waals surface area contributed by atoms with Crippen molar-refractivity contribution in [1.29, 1.82) is 5.26 Å². The van der Waals surface area contributed by atoms with Crippen molar-refractivity contribution in [1.82, 2.24) is 14.8 Å². The summed E-state index contributed by atoms with van der Waals surface area (Å²) in [6.07, 6.45) is 2.60. The summed E-state index contributed by atoms with van der Waals surface area (Å²) in [5, 5.41) is 13.3. The second-order valence-electron chi connectivity index (χ2n) is 3.93. The maximum atomic E-state index is 8.84. The molecule has 0 amide bonds. The van der Waals surface area contributed by atoms with Crippen LogP contribution >= 0.6 is 0 Å². The molecule has 2 aromatic rings. The van der Waals surface area contributed by atoms with Crippen molar-refractivity contribution in [2.45, 2.75) is 27.2 Å². The van der Waals surface area contributed by atoms with Gasteiger partial charge in [-0.1, -0.05) is 6.92 Å². The minimum atomic E-state index is 0.410. The van der Waals surface area contributed by atoms with E-state index in [1.807, 2.05) is 30.7 Å². The van der Waals surface area contributed by atoms with Crippen molar-refractivity contribution in [3.63, 3.8) is 0 Å². The van der Waals surface area contributed by atoms with E-state index in [0.717, 1.165) is 23.5 Å². The van der Waals surface area contributed by atoms with Gasteiger partial charge in [-0.15, -0.1) is 0 Å². The average molecular weight is 226 g/mol. The van der Waals surface area contributed by atoms with Crippen molar-refractivity contribution >= 4 is 0 Å². The Morgan fingerprint density at radius 1 is 1.41 bits per heavy atom. The lowest BCUT2D eigenvalue weighted by Crippen LogP contribution is -2.00. The number of rotatable bonds is 2. The SMILES string of the molecule is CCc1c(C)nn(-c2ccnc(C#N)c2)c1C. The summed E-state index contributed by atoms with van der Waals surface area (Å²) in [7, 11) is 0. The molecule has 2 aromatic heterocycles. The summed E-state index contributed by atoms with van der Waals surface area (Å²) in [5.74, 6) is 0. The van der Waals surface area contributed by atoms with Crippen LogP contribution < -0.4 is 0 Å². The first kappa shape index (κ1) is 11.3. The molecule has 0 fully saturated rings. The highest BCUT2D eigenvalue weighted by Gasteiger charge is 2.11. The van der Waals surface area contributed by atoms with Crippen LogP contribution in [0.4, 0.5) is 0 Å². The van der Waals surface area contributed by atoms with Crippen molar-refractivity contribution in [2.75, 3.05) is 0 Å². The molecule has 0 bridgehead atoms. The zero-order valence-corrected chi connectivity index (χ0v) is 10.2. The first-order chi connectivity index (χ1) is 8.17. The Hall–Kier alpha value is -2.15. The van der Waals surface area contributed by atoms with Gasteiger partial charge in [0.1, 0.15) is 11.8 Å². The number of nitriles is 1. The molecule has 0 radical (unpaired) electrons. The summed E-state index contributed by atoms with van der Waals surface area (Å²) in [5.41, 5.74) is 4.73.